The molecule has 2 aromatic rings. The molecule has 1 aliphatic carbocycles. The van der Waals surface area contributed by atoms with Crippen LogP contribution in [0, 0.1) is 5.41 Å². The summed E-state index contributed by atoms with van der Waals surface area (Å²) in [5.41, 5.74) is 0.895. The smallest absolute Gasteiger partial charge is 0.263 e. The number of rotatable bonds is 3. The molecule has 132 valence electrons. The van der Waals surface area contributed by atoms with Crippen LogP contribution in [-0.4, -0.2) is 40.4 Å². The number of aromatic nitrogens is 1. The summed E-state index contributed by atoms with van der Waals surface area (Å²) in [6, 6.07) is 5.90. The van der Waals surface area contributed by atoms with Gasteiger partial charge < -0.3 is 14.8 Å². The second-order valence-electron chi connectivity index (χ2n) is 7.26. The third kappa shape index (κ3) is 2.99. The maximum absolute atomic E-state index is 12.5. The third-order valence-corrected chi connectivity index (χ3v) is 6.71. The van der Waals surface area contributed by atoms with E-state index in [1.165, 1.54) is 11.3 Å². The Morgan fingerprint density at radius 2 is 2.04 bits per heavy atom. The van der Waals surface area contributed by atoms with E-state index in [1.807, 2.05) is 52.5 Å². The van der Waals surface area contributed by atoms with Crippen molar-refractivity contribution in [2.75, 3.05) is 13.1 Å². The van der Waals surface area contributed by atoms with Gasteiger partial charge in [0.15, 0.2) is 0 Å². The molecule has 4 rings (SSSR count). The Bertz CT molecular complexity index is 772. The quantitative estimate of drug-likeness (QED) is 0.918. The zero-order valence-corrected chi connectivity index (χ0v) is 15.2. The van der Waals surface area contributed by atoms with Gasteiger partial charge in [0.2, 0.25) is 0 Å². The molecule has 0 unspecified atom stereocenters. The normalized spacial score (nSPS) is 21.8. The number of thiophene rings is 1. The number of likely N-dealkylation sites (tertiary alicyclic amines) is 1. The van der Waals surface area contributed by atoms with Crippen LogP contribution in [-0.2, 0) is 7.05 Å². The summed E-state index contributed by atoms with van der Waals surface area (Å²) in [6.07, 6.45) is 7.88. The van der Waals surface area contributed by atoms with E-state index in [0.29, 0.717) is 0 Å². The zero-order chi connectivity index (χ0) is 17.4. The SMILES string of the molecule is Cn1ccc(C(=O)N[C@@H]2CCC23CCN(C(=O)c2cccs2)CC3)c1. The van der Waals surface area contributed by atoms with Crippen LogP contribution in [0.2, 0.25) is 0 Å². The molecular weight excluding hydrogens is 334 g/mol. The summed E-state index contributed by atoms with van der Waals surface area (Å²) in [4.78, 5) is 27.7. The summed E-state index contributed by atoms with van der Waals surface area (Å²) in [6.45, 7) is 1.57. The molecule has 2 fully saturated rings. The maximum atomic E-state index is 12.5. The van der Waals surface area contributed by atoms with E-state index >= 15 is 0 Å². The van der Waals surface area contributed by atoms with Gasteiger partial charge in [0.05, 0.1) is 10.4 Å². The lowest BCUT2D eigenvalue weighted by molar-refractivity contribution is -0.00217. The summed E-state index contributed by atoms with van der Waals surface area (Å²) >= 11 is 1.50. The first-order valence-corrected chi connectivity index (χ1v) is 9.71. The van der Waals surface area contributed by atoms with Gasteiger partial charge in [0, 0.05) is 38.6 Å². The Hall–Kier alpha value is -2.08. The molecule has 1 spiro atoms. The van der Waals surface area contributed by atoms with Gasteiger partial charge in [0.25, 0.3) is 11.8 Å². The van der Waals surface area contributed by atoms with E-state index in [-0.39, 0.29) is 23.3 Å². The topological polar surface area (TPSA) is 54.3 Å². The van der Waals surface area contributed by atoms with Crippen LogP contribution in [0.25, 0.3) is 0 Å². The number of hydrogen-bond acceptors (Lipinski definition) is 3. The highest BCUT2D eigenvalue weighted by atomic mass is 32.1. The van der Waals surface area contributed by atoms with Crippen LogP contribution >= 0.6 is 11.3 Å². The lowest BCUT2D eigenvalue weighted by Gasteiger charge is -2.54. The molecule has 5 nitrogen and oxygen atoms in total. The molecule has 0 radical (unpaired) electrons. The molecule has 6 heteroatoms. The zero-order valence-electron chi connectivity index (χ0n) is 14.4. The molecule has 3 heterocycles. The molecule has 2 aliphatic rings. The minimum Gasteiger partial charge on any atom is -0.356 e. The lowest BCUT2D eigenvalue weighted by atomic mass is 9.59. The predicted molar refractivity (Wildman–Crippen MR) is 97.8 cm³/mol. The van der Waals surface area contributed by atoms with Gasteiger partial charge >= 0.3 is 0 Å². The van der Waals surface area contributed by atoms with Crippen molar-refractivity contribution in [2.24, 2.45) is 12.5 Å². The largest absolute Gasteiger partial charge is 0.356 e. The number of nitrogens with zero attached hydrogens (tertiary/aromatic N) is 2. The standard InChI is InChI=1S/C19H23N3O2S/c1-21-9-5-14(13-21)17(23)20-16-4-6-19(16)7-10-22(11-8-19)18(24)15-3-2-12-25-15/h2-3,5,9,12-13,16H,4,6-8,10-11H2,1H3,(H,20,23)/t16-/m1/s1. The fourth-order valence-electron chi connectivity index (χ4n) is 4.11. The Morgan fingerprint density at radius 3 is 2.60 bits per heavy atom. The van der Waals surface area contributed by atoms with Crippen LogP contribution in [0.15, 0.2) is 36.0 Å². The molecule has 2 amide bonds. The average Bonchev–Trinajstić information content (AvgIpc) is 3.30. The van der Waals surface area contributed by atoms with Gasteiger partial charge in [0.1, 0.15) is 0 Å². The molecule has 1 aliphatic heterocycles. The van der Waals surface area contributed by atoms with Crippen LogP contribution in [0.1, 0.15) is 45.7 Å². The highest BCUT2D eigenvalue weighted by Crippen LogP contribution is 2.49. The molecule has 1 N–H and O–H groups in total. The number of piperidine rings is 1. The van der Waals surface area contributed by atoms with E-state index in [2.05, 4.69) is 5.32 Å². The van der Waals surface area contributed by atoms with Crippen molar-refractivity contribution >= 4 is 23.2 Å². The van der Waals surface area contributed by atoms with Crippen LogP contribution in [0.3, 0.4) is 0 Å². The number of hydrogen-bond donors (Lipinski definition) is 1. The molecule has 1 saturated carbocycles. The maximum Gasteiger partial charge on any atom is 0.263 e. The van der Waals surface area contributed by atoms with Crippen LogP contribution in [0.4, 0.5) is 0 Å². The highest BCUT2D eigenvalue weighted by molar-refractivity contribution is 7.12. The third-order valence-electron chi connectivity index (χ3n) is 5.85. The number of amides is 2. The second kappa shape index (κ2) is 6.33. The summed E-state index contributed by atoms with van der Waals surface area (Å²) in [5, 5.41) is 5.17. The first-order chi connectivity index (χ1) is 12.1. The molecule has 1 saturated heterocycles. The molecule has 2 aromatic heterocycles. The van der Waals surface area contributed by atoms with Gasteiger partial charge in [-0.2, -0.15) is 0 Å². The van der Waals surface area contributed by atoms with E-state index in [4.69, 9.17) is 0 Å². The Balaban J connectivity index is 1.36. The van der Waals surface area contributed by atoms with Gasteiger partial charge in [-0.1, -0.05) is 6.07 Å². The summed E-state index contributed by atoms with van der Waals surface area (Å²) in [5.74, 6) is 0.163. The van der Waals surface area contributed by atoms with E-state index in [1.54, 1.807) is 0 Å². The average molecular weight is 357 g/mol. The number of carbonyl (C=O) groups is 2. The Kier molecular flexibility index (Phi) is 4.15. The van der Waals surface area contributed by atoms with Gasteiger partial charge in [-0.25, -0.2) is 0 Å². The van der Waals surface area contributed by atoms with E-state index < -0.39 is 0 Å². The van der Waals surface area contributed by atoms with Gasteiger partial charge in [-0.3, -0.25) is 9.59 Å². The van der Waals surface area contributed by atoms with E-state index in [9.17, 15) is 9.59 Å². The molecular formula is C19H23N3O2S. The van der Waals surface area contributed by atoms with Crippen molar-refractivity contribution in [1.29, 1.82) is 0 Å². The van der Waals surface area contributed by atoms with Crippen LogP contribution in [0.5, 0.6) is 0 Å². The number of aryl methyl sites for hydroxylation is 1. The minimum absolute atomic E-state index is 0.0155. The van der Waals surface area contributed by atoms with Crippen LogP contribution < -0.4 is 5.32 Å². The Labute approximate surface area is 151 Å². The van der Waals surface area contributed by atoms with E-state index in [0.717, 1.165) is 49.2 Å². The predicted octanol–water partition coefficient (Wildman–Crippen LogP) is 2.90. The first kappa shape index (κ1) is 16.4. The fourth-order valence-corrected chi connectivity index (χ4v) is 4.80. The van der Waals surface area contributed by atoms with Crippen molar-refractivity contribution in [3.05, 3.63) is 46.4 Å². The van der Waals surface area contributed by atoms with Crippen molar-refractivity contribution in [3.63, 3.8) is 0 Å². The molecule has 25 heavy (non-hydrogen) atoms. The minimum atomic E-state index is 0.0155. The van der Waals surface area contributed by atoms with Gasteiger partial charge in [-0.15, -0.1) is 11.3 Å². The summed E-state index contributed by atoms with van der Waals surface area (Å²) < 4.78 is 1.89. The molecule has 1 atom stereocenters. The lowest BCUT2D eigenvalue weighted by Crippen LogP contribution is -2.59. The second-order valence-corrected chi connectivity index (χ2v) is 8.21. The number of carbonyl (C=O) groups excluding carboxylic acids is 2. The van der Waals surface area contributed by atoms with Crippen molar-refractivity contribution in [2.45, 2.75) is 31.7 Å². The first-order valence-electron chi connectivity index (χ1n) is 8.83. The van der Waals surface area contributed by atoms with Gasteiger partial charge in [-0.05, 0) is 48.6 Å². The van der Waals surface area contributed by atoms with Crippen molar-refractivity contribution < 1.29 is 9.59 Å². The molecule has 0 bridgehead atoms. The fraction of sp³-hybridized carbons (Fsp3) is 0.474. The number of nitrogens with one attached hydrogen (secondary N) is 1. The molecule has 0 aromatic carbocycles. The summed E-state index contributed by atoms with van der Waals surface area (Å²) in [7, 11) is 1.92. The van der Waals surface area contributed by atoms with Crippen molar-refractivity contribution in [3.8, 4) is 0 Å². The highest BCUT2D eigenvalue weighted by Gasteiger charge is 2.49. The monoisotopic (exact) mass is 357 g/mol. The Morgan fingerprint density at radius 1 is 1.24 bits per heavy atom. The van der Waals surface area contributed by atoms with Crippen molar-refractivity contribution in [1.82, 2.24) is 14.8 Å².